The molecule has 1 saturated heterocycles. The molecule has 0 spiro atoms. The largest absolute Gasteiger partial charge is 0.369 e. The van der Waals surface area contributed by atoms with Gasteiger partial charge in [-0.25, -0.2) is 0 Å². The lowest BCUT2D eigenvalue weighted by Gasteiger charge is -2.36. The number of likely N-dealkylation sites (tertiary alicyclic amines) is 1. The van der Waals surface area contributed by atoms with Crippen LogP contribution < -0.4 is 5.73 Å². The first kappa shape index (κ1) is 15.7. The first-order chi connectivity index (χ1) is 11.1. The van der Waals surface area contributed by atoms with Crippen LogP contribution in [0, 0.1) is 5.92 Å². The molecule has 2 aromatic rings. The van der Waals surface area contributed by atoms with Crippen molar-refractivity contribution in [2.24, 2.45) is 11.7 Å². The van der Waals surface area contributed by atoms with Gasteiger partial charge in [0, 0.05) is 12.6 Å². The van der Waals surface area contributed by atoms with Crippen LogP contribution in [0.25, 0.3) is 11.1 Å². The number of nitrogens with zero attached hydrogens (tertiary/aromatic N) is 1. The molecule has 2 amide bonds. The van der Waals surface area contributed by atoms with Gasteiger partial charge in [0.05, 0.1) is 10.8 Å². The van der Waals surface area contributed by atoms with Gasteiger partial charge in [-0.3, -0.25) is 9.59 Å². The summed E-state index contributed by atoms with van der Waals surface area (Å²) in [4.78, 5) is 26.7. The van der Waals surface area contributed by atoms with E-state index in [9.17, 15) is 9.59 Å². The topological polar surface area (TPSA) is 63.4 Å². The third-order valence-corrected chi connectivity index (χ3v) is 5.38. The van der Waals surface area contributed by atoms with E-state index in [1.807, 2.05) is 48.7 Å². The number of carbonyl (C=O) groups is 2. The normalized spacial score (nSPS) is 21.2. The van der Waals surface area contributed by atoms with E-state index >= 15 is 0 Å². The highest BCUT2D eigenvalue weighted by Gasteiger charge is 2.32. The molecule has 23 heavy (non-hydrogen) atoms. The fraction of sp³-hybridized carbons (Fsp3) is 0.333. The maximum atomic E-state index is 12.8. The molecule has 2 atom stereocenters. The number of hydrogen-bond donors (Lipinski definition) is 1. The minimum atomic E-state index is -0.314. The molecule has 1 aliphatic rings. The number of hydrogen-bond acceptors (Lipinski definition) is 3. The molecule has 5 heteroatoms. The minimum Gasteiger partial charge on any atom is -0.369 e. The van der Waals surface area contributed by atoms with Gasteiger partial charge in [0.15, 0.2) is 0 Å². The maximum Gasteiger partial charge on any atom is 0.264 e. The van der Waals surface area contributed by atoms with Gasteiger partial charge in [0.25, 0.3) is 5.91 Å². The Labute approximate surface area is 139 Å². The van der Waals surface area contributed by atoms with Gasteiger partial charge in [0.1, 0.15) is 0 Å². The molecular weight excluding hydrogens is 308 g/mol. The van der Waals surface area contributed by atoms with Gasteiger partial charge in [0.2, 0.25) is 5.91 Å². The summed E-state index contributed by atoms with van der Waals surface area (Å²) in [6, 6.07) is 12.1. The first-order valence-electron chi connectivity index (χ1n) is 7.80. The van der Waals surface area contributed by atoms with Crippen molar-refractivity contribution in [3.8, 4) is 11.1 Å². The lowest BCUT2D eigenvalue weighted by Crippen LogP contribution is -2.48. The van der Waals surface area contributed by atoms with Crippen molar-refractivity contribution in [1.29, 1.82) is 0 Å². The van der Waals surface area contributed by atoms with Gasteiger partial charge in [-0.2, -0.15) is 0 Å². The van der Waals surface area contributed by atoms with Crippen LogP contribution in [-0.2, 0) is 4.79 Å². The molecule has 4 nitrogen and oxygen atoms in total. The Bertz CT molecular complexity index is 711. The molecule has 120 valence electrons. The van der Waals surface area contributed by atoms with E-state index in [0.29, 0.717) is 11.4 Å². The Hall–Kier alpha value is -2.14. The summed E-state index contributed by atoms with van der Waals surface area (Å²) in [7, 11) is 0. The van der Waals surface area contributed by atoms with Gasteiger partial charge < -0.3 is 10.6 Å². The number of rotatable bonds is 3. The number of nitrogens with two attached hydrogens (primary N) is 1. The fourth-order valence-electron chi connectivity index (χ4n) is 2.99. The van der Waals surface area contributed by atoms with E-state index in [1.54, 1.807) is 4.90 Å². The predicted molar refractivity (Wildman–Crippen MR) is 92.2 cm³/mol. The highest BCUT2D eigenvalue weighted by Crippen LogP contribution is 2.29. The molecule has 0 saturated carbocycles. The van der Waals surface area contributed by atoms with Crippen LogP contribution in [0.1, 0.15) is 29.4 Å². The number of amides is 2. The summed E-state index contributed by atoms with van der Waals surface area (Å²) in [5.41, 5.74) is 7.57. The molecule has 1 aromatic heterocycles. The van der Waals surface area contributed by atoms with Gasteiger partial charge in [-0.15, -0.1) is 11.3 Å². The fourth-order valence-corrected chi connectivity index (χ4v) is 3.87. The van der Waals surface area contributed by atoms with Crippen molar-refractivity contribution < 1.29 is 9.59 Å². The minimum absolute atomic E-state index is 0.00405. The van der Waals surface area contributed by atoms with Gasteiger partial charge >= 0.3 is 0 Å². The molecule has 2 N–H and O–H groups in total. The smallest absolute Gasteiger partial charge is 0.264 e. The van der Waals surface area contributed by atoms with Crippen LogP contribution in [0.4, 0.5) is 0 Å². The highest BCUT2D eigenvalue weighted by atomic mass is 32.1. The van der Waals surface area contributed by atoms with Crippen molar-refractivity contribution in [2.75, 3.05) is 6.54 Å². The van der Waals surface area contributed by atoms with Crippen LogP contribution in [0.5, 0.6) is 0 Å². The molecule has 1 aromatic carbocycles. The monoisotopic (exact) mass is 328 g/mol. The Morgan fingerprint density at radius 1 is 1.17 bits per heavy atom. The molecule has 2 heterocycles. The Balaban J connectivity index is 1.80. The van der Waals surface area contributed by atoms with E-state index in [4.69, 9.17) is 5.73 Å². The quantitative estimate of drug-likeness (QED) is 0.941. The lowest BCUT2D eigenvalue weighted by molar-refractivity contribution is -0.123. The molecule has 3 rings (SSSR count). The first-order valence-corrected chi connectivity index (χ1v) is 8.68. The summed E-state index contributed by atoms with van der Waals surface area (Å²) >= 11 is 1.45. The zero-order valence-electron chi connectivity index (χ0n) is 13.1. The van der Waals surface area contributed by atoms with Crippen molar-refractivity contribution in [1.82, 2.24) is 4.90 Å². The zero-order chi connectivity index (χ0) is 16.4. The SMILES string of the molecule is C[C@@H]1CC[C@@H](C(N)=O)CN1C(=O)c1cc(-c2ccccc2)cs1. The third-order valence-electron chi connectivity index (χ3n) is 4.46. The van der Waals surface area contributed by atoms with Crippen LogP contribution in [-0.4, -0.2) is 29.3 Å². The van der Waals surface area contributed by atoms with E-state index < -0.39 is 0 Å². The predicted octanol–water partition coefficient (Wildman–Crippen LogP) is 3.14. The summed E-state index contributed by atoms with van der Waals surface area (Å²) in [6.45, 7) is 2.45. The maximum absolute atomic E-state index is 12.8. The summed E-state index contributed by atoms with van der Waals surface area (Å²) in [6.07, 6.45) is 1.58. The van der Waals surface area contributed by atoms with Crippen molar-refractivity contribution in [2.45, 2.75) is 25.8 Å². The average molecular weight is 328 g/mol. The molecule has 1 fully saturated rings. The average Bonchev–Trinajstić information content (AvgIpc) is 3.05. The van der Waals surface area contributed by atoms with Crippen molar-refractivity contribution >= 4 is 23.2 Å². The Kier molecular flexibility index (Phi) is 4.48. The van der Waals surface area contributed by atoms with Crippen LogP contribution in [0.2, 0.25) is 0 Å². The van der Waals surface area contributed by atoms with Crippen molar-refractivity contribution in [3.05, 3.63) is 46.7 Å². The number of benzene rings is 1. The molecule has 0 radical (unpaired) electrons. The lowest BCUT2D eigenvalue weighted by atomic mass is 9.93. The standard InChI is InChI=1S/C18H20N2O2S/c1-12-7-8-14(17(19)21)10-20(12)18(22)16-9-15(11-23-16)13-5-3-2-4-6-13/h2-6,9,11-12,14H,7-8,10H2,1H3,(H2,19,21)/t12-,14-/m1/s1. The van der Waals surface area contributed by atoms with Crippen LogP contribution >= 0.6 is 11.3 Å². The number of primary amides is 1. The summed E-state index contributed by atoms with van der Waals surface area (Å²) in [5.74, 6) is -0.551. The van der Waals surface area contributed by atoms with E-state index in [1.165, 1.54) is 11.3 Å². The molecule has 0 unspecified atom stereocenters. The number of carbonyl (C=O) groups excluding carboxylic acids is 2. The second kappa shape index (κ2) is 6.54. The Morgan fingerprint density at radius 2 is 1.91 bits per heavy atom. The van der Waals surface area contributed by atoms with E-state index in [2.05, 4.69) is 0 Å². The van der Waals surface area contributed by atoms with Gasteiger partial charge in [-0.1, -0.05) is 30.3 Å². The highest BCUT2D eigenvalue weighted by molar-refractivity contribution is 7.12. The second-order valence-corrected chi connectivity index (χ2v) is 6.96. The summed E-state index contributed by atoms with van der Waals surface area (Å²) < 4.78 is 0. The number of piperidine rings is 1. The Morgan fingerprint density at radius 3 is 2.61 bits per heavy atom. The zero-order valence-corrected chi connectivity index (χ0v) is 13.9. The second-order valence-electron chi connectivity index (χ2n) is 6.05. The molecule has 0 aliphatic carbocycles. The van der Waals surface area contributed by atoms with Crippen molar-refractivity contribution in [3.63, 3.8) is 0 Å². The van der Waals surface area contributed by atoms with Crippen LogP contribution in [0.15, 0.2) is 41.8 Å². The van der Waals surface area contributed by atoms with Gasteiger partial charge in [-0.05, 0) is 42.3 Å². The molecule has 0 bridgehead atoms. The molecule has 1 aliphatic heterocycles. The van der Waals surface area contributed by atoms with Crippen LogP contribution in [0.3, 0.4) is 0 Å². The third kappa shape index (κ3) is 3.29. The van der Waals surface area contributed by atoms with E-state index in [-0.39, 0.29) is 23.8 Å². The number of thiophene rings is 1. The summed E-state index contributed by atoms with van der Waals surface area (Å²) in [5, 5.41) is 2.00. The van der Waals surface area contributed by atoms with E-state index in [0.717, 1.165) is 24.0 Å². The molecular formula is C18H20N2O2S.